The van der Waals surface area contributed by atoms with Crippen molar-refractivity contribution in [3.63, 3.8) is 0 Å². The van der Waals surface area contributed by atoms with E-state index in [1.807, 2.05) is 42.7 Å². The highest BCUT2D eigenvalue weighted by atomic mass is 32.1. The Hall–Kier alpha value is -5.04. The lowest BCUT2D eigenvalue weighted by atomic mass is 10.0. The number of halogens is 1. The van der Waals surface area contributed by atoms with Crippen molar-refractivity contribution in [3.8, 4) is 22.2 Å². The highest BCUT2D eigenvalue weighted by Gasteiger charge is 2.61. The van der Waals surface area contributed by atoms with Crippen molar-refractivity contribution in [2.75, 3.05) is 19.0 Å². The minimum absolute atomic E-state index is 0.0883. The number of pyridine rings is 1. The van der Waals surface area contributed by atoms with Crippen LogP contribution in [0.3, 0.4) is 0 Å². The molecule has 2 amide bonds. The van der Waals surface area contributed by atoms with Crippen LogP contribution in [0.15, 0.2) is 60.0 Å². The summed E-state index contributed by atoms with van der Waals surface area (Å²) >= 11 is 1.50. The van der Waals surface area contributed by atoms with Gasteiger partial charge in [-0.25, -0.2) is 19.2 Å². The van der Waals surface area contributed by atoms with E-state index in [9.17, 15) is 23.9 Å². The van der Waals surface area contributed by atoms with Crippen LogP contribution in [0.4, 0.5) is 10.1 Å². The minimum atomic E-state index is -1.43. The smallest absolute Gasteiger partial charge is 0.330 e. The second-order valence-electron chi connectivity index (χ2n) is 14.9. The summed E-state index contributed by atoms with van der Waals surface area (Å²) in [7, 11) is 1.61. The molecule has 4 heterocycles. The number of aromatic nitrogens is 2. The van der Waals surface area contributed by atoms with Crippen molar-refractivity contribution >= 4 is 45.7 Å². The first-order chi connectivity index (χ1) is 26.0. The Morgan fingerprint density at radius 1 is 1.11 bits per heavy atom. The summed E-state index contributed by atoms with van der Waals surface area (Å²) < 4.78 is 26.2. The number of aliphatic carboxylic acids is 1. The first kappa shape index (κ1) is 37.3. The molecule has 0 bridgehead atoms. The highest BCUT2D eigenvalue weighted by molar-refractivity contribution is 7.13. The number of amides is 2. The summed E-state index contributed by atoms with van der Waals surface area (Å²) in [6.07, 6.45) is 7.44. The van der Waals surface area contributed by atoms with Gasteiger partial charge in [-0.15, -0.1) is 11.3 Å². The van der Waals surface area contributed by atoms with Gasteiger partial charge in [0.25, 0.3) is 0 Å². The number of nitrogens with zero attached hydrogens (tertiary/aromatic N) is 3. The number of anilines is 1. The van der Waals surface area contributed by atoms with Crippen molar-refractivity contribution in [1.82, 2.24) is 20.2 Å². The molecule has 1 saturated heterocycles. The zero-order valence-corrected chi connectivity index (χ0v) is 31.7. The van der Waals surface area contributed by atoms with Crippen LogP contribution < -0.4 is 20.1 Å². The van der Waals surface area contributed by atoms with Crippen molar-refractivity contribution in [3.05, 3.63) is 77.1 Å². The molecule has 2 aromatic heterocycles. The number of fused-ring (bicyclic) bond motifs is 3. The lowest BCUT2D eigenvalue weighted by molar-refractivity contribution is -0.145. The van der Waals surface area contributed by atoms with E-state index >= 15 is 0 Å². The van der Waals surface area contributed by atoms with E-state index in [0.29, 0.717) is 34.8 Å². The van der Waals surface area contributed by atoms with Gasteiger partial charge < -0.3 is 30.1 Å². The molecule has 3 aliphatic rings. The van der Waals surface area contributed by atoms with Gasteiger partial charge in [0.15, 0.2) is 0 Å². The molecule has 1 aliphatic carbocycles. The summed E-state index contributed by atoms with van der Waals surface area (Å²) in [6, 6.07) is 9.74. The molecular formula is C41H46FN5O6S. The number of carboxylic acid groups (broad SMARTS) is 1. The average Bonchev–Trinajstić information content (AvgIpc) is 3.44. The van der Waals surface area contributed by atoms with E-state index in [-0.39, 0.29) is 42.9 Å². The van der Waals surface area contributed by atoms with E-state index in [2.05, 4.69) is 24.5 Å². The van der Waals surface area contributed by atoms with Crippen LogP contribution in [0.25, 0.3) is 21.6 Å². The van der Waals surface area contributed by atoms with Gasteiger partial charge in [-0.05, 0) is 74.9 Å². The number of hydrogen-bond acceptors (Lipinski definition) is 9. The molecule has 13 heteroatoms. The number of carboxylic acids is 1. The third kappa shape index (κ3) is 7.51. The summed E-state index contributed by atoms with van der Waals surface area (Å²) in [4.78, 5) is 52.8. The molecule has 1 saturated carbocycles. The van der Waals surface area contributed by atoms with Crippen LogP contribution in [0.2, 0.25) is 0 Å². The second-order valence-corrected chi connectivity index (χ2v) is 15.7. The van der Waals surface area contributed by atoms with Gasteiger partial charge >= 0.3 is 5.97 Å². The molecular weight excluding hydrogens is 710 g/mol. The fraction of sp³-hybridized carbons (Fsp3) is 0.439. The van der Waals surface area contributed by atoms with Crippen molar-refractivity contribution in [2.24, 2.45) is 5.92 Å². The Morgan fingerprint density at radius 2 is 1.91 bits per heavy atom. The van der Waals surface area contributed by atoms with Crippen LogP contribution >= 0.6 is 11.3 Å². The van der Waals surface area contributed by atoms with Crippen molar-refractivity contribution in [2.45, 2.75) is 95.4 Å². The molecule has 2 aromatic carbocycles. The molecule has 0 unspecified atom stereocenters. The average molecular weight is 756 g/mol. The Bertz CT molecular complexity index is 2090. The quantitative estimate of drug-likeness (QED) is 0.159. The Kier molecular flexibility index (Phi) is 10.6. The van der Waals surface area contributed by atoms with Crippen LogP contribution in [-0.2, 0) is 14.4 Å². The first-order valence-electron chi connectivity index (χ1n) is 18.6. The van der Waals surface area contributed by atoms with Crippen LogP contribution in [0.5, 0.6) is 11.5 Å². The predicted octanol–water partition coefficient (Wildman–Crippen LogP) is 7.25. The normalized spacial score (nSPS) is 25.3. The number of hydrogen-bond donors (Lipinski definition) is 3. The molecule has 54 heavy (non-hydrogen) atoms. The Labute approximate surface area is 318 Å². The SMILES string of the molecule is COc1ccc2c(O[C@@H]3C[C@H]4C(=O)N[C@]5(C(=O)O)C[C@@H]5/C=C\CCCCC[C@H](Nc5ccc(F)cc5)C(=O)N4C3)cc(-c3nc(C(C)C)cs3)nc2c1C. The zero-order chi connectivity index (χ0) is 38.1. The standard InChI is InChI=1S/C41H46FN5O6S/c1-23(2)32-22-54-38(45-32)31-19-35(29-16-17-34(52-4)24(3)36(29)44-31)53-28-18-33-37(48)46-41(40(50)51)20-25(41)10-8-6-5-7-9-11-30(39(49)47(33)21-28)43-27-14-12-26(42)13-15-27/h8,10,12-17,19,22-23,25,28,30,33,43H,5-7,9,11,18,20-21H2,1-4H3,(H,46,48)(H,50,51)/b10-8-/t25-,28+,30-,33-,41+/m0/s1. The largest absolute Gasteiger partial charge is 0.496 e. The molecule has 0 spiro atoms. The number of benzene rings is 2. The van der Waals surface area contributed by atoms with Gasteiger partial charge in [0.1, 0.15) is 51.7 Å². The summed E-state index contributed by atoms with van der Waals surface area (Å²) in [5.41, 5.74) is 2.26. The zero-order valence-electron chi connectivity index (χ0n) is 30.9. The first-order valence-corrected chi connectivity index (χ1v) is 19.5. The van der Waals surface area contributed by atoms with E-state index in [0.717, 1.165) is 47.3 Å². The van der Waals surface area contributed by atoms with Gasteiger partial charge in [0.05, 0.1) is 24.9 Å². The third-order valence-electron chi connectivity index (χ3n) is 10.8. The monoisotopic (exact) mass is 755 g/mol. The van der Waals surface area contributed by atoms with E-state index in [4.69, 9.17) is 19.4 Å². The maximum Gasteiger partial charge on any atom is 0.330 e. The number of methoxy groups -OCH3 is 1. The van der Waals surface area contributed by atoms with E-state index < -0.39 is 35.6 Å². The minimum Gasteiger partial charge on any atom is -0.496 e. The molecule has 11 nitrogen and oxygen atoms in total. The number of aryl methyl sites for hydroxylation is 1. The fourth-order valence-electron chi connectivity index (χ4n) is 7.55. The highest BCUT2D eigenvalue weighted by Crippen LogP contribution is 2.46. The molecule has 2 aliphatic heterocycles. The van der Waals surface area contributed by atoms with Gasteiger partial charge in [-0.2, -0.15) is 0 Å². The van der Waals surface area contributed by atoms with Crippen molar-refractivity contribution in [1.29, 1.82) is 0 Å². The molecule has 5 atom stereocenters. The summed E-state index contributed by atoms with van der Waals surface area (Å²) in [6.45, 7) is 6.20. The van der Waals surface area contributed by atoms with Gasteiger partial charge in [-0.3, -0.25) is 9.59 Å². The molecule has 2 fully saturated rings. The van der Waals surface area contributed by atoms with Gasteiger partial charge in [0.2, 0.25) is 11.8 Å². The Morgan fingerprint density at radius 3 is 2.63 bits per heavy atom. The second kappa shape index (κ2) is 15.4. The van der Waals surface area contributed by atoms with Crippen molar-refractivity contribution < 1.29 is 33.4 Å². The summed E-state index contributed by atoms with van der Waals surface area (Å²) in [5, 5.41) is 19.9. The van der Waals surface area contributed by atoms with E-state index in [1.165, 1.54) is 28.4 Å². The molecule has 3 N–H and O–H groups in total. The number of rotatable bonds is 8. The Balaban J connectivity index is 1.25. The van der Waals surface area contributed by atoms with Crippen LogP contribution in [0.1, 0.15) is 76.0 Å². The number of thiazole rings is 1. The maximum atomic E-state index is 14.6. The molecule has 284 valence electrons. The maximum absolute atomic E-state index is 14.6. The number of nitrogens with one attached hydrogen (secondary N) is 2. The predicted molar refractivity (Wildman–Crippen MR) is 205 cm³/mol. The third-order valence-corrected chi connectivity index (χ3v) is 11.7. The molecule has 7 rings (SSSR count). The number of allylic oxidation sites excluding steroid dienone is 1. The van der Waals surface area contributed by atoms with Gasteiger partial charge in [0, 0.05) is 40.4 Å². The van der Waals surface area contributed by atoms with Gasteiger partial charge in [-0.1, -0.05) is 38.8 Å². The lowest BCUT2D eigenvalue weighted by Crippen LogP contribution is -2.55. The number of carbonyl (C=O) groups excluding carboxylic acids is 2. The fourth-order valence-corrected chi connectivity index (χ4v) is 8.49. The van der Waals surface area contributed by atoms with Crippen LogP contribution in [-0.4, -0.2) is 75.1 Å². The topological polar surface area (TPSA) is 143 Å². The lowest BCUT2D eigenvalue weighted by Gasteiger charge is -2.30. The number of carbonyl (C=O) groups is 3. The molecule has 4 aromatic rings. The summed E-state index contributed by atoms with van der Waals surface area (Å²) in [5.74, 6) is -1.22. The molecule has 0 radical (unpaired) electrons. The van der Waals surface area contributed by atoms with E-state index in [1.54, 1.807) is 19.2 Å². The van der Waals surface area contributed by atoms with Crippen LogP contribution in [0, 0.1) is 18.7 Å². The number of ether oxygens (including phenoxy) is 2.